The summed E-state index contributed by atoms with van der Waals surface area (Å²) in [5, 5.41) is 0. The van der Waals surface area contributed by atoms with Gasteiger partial charge < -0.3 is 14.4 Å². The summed E-state index contributed by atoms with van der Waals surface area (Å²) in [5.41, 5.74) is 0. The number of halogens is 1. The van der Waals surface area contributed by atoms with Gasteiger partial charge in [0.1, 0.15) is 0 Å². The zero-order valence-corrected chi connectivity index (χ0v) is 11.0. The molecule has 0 radical (unpaired) electrons. The summed E-state index contributed by atoms with van der Waals surface area (Å²) in [6, 6.07) is 0. The largest absolute Gasteiger partial charge is 0.347 e. The molecule has 17 heavy (non-hydrogen) atoms. The number of nitrogens with zero attached hydrogens (tertiary/aromatic N) is 3. The van der Waals surface area contributed by atoms with E-state index in [1.807, 2.05) is 0 Å². The molecule has 3 heterocycles. The number of aromatic nitrogens is 2. The van der Waals surface area contributed by atoms with Gasteiger partial charge in [0.25, 0.3) is 0 Å². The van der Waals surface area contributed by atoms with Gasteiger partial charge in [0.2, 0.25) is 5.95 Å². The van der Waals surface area contributed by atoms with Gasteiger partial charge >= 0.3 is 0 Å². The predicted molar refractivity (Wildman–Crippen MR) is 65.8 cm³/mol. The summed E-state index contributed by atoms with van der Waals surface area (Å²) in [7, 11) is 0. The monoisotopic (exact) mass is 299 g/mol. The fourth-order valence-electron chi connectivity index (χ4n) is 2.30. The van der Waals surface area contributed by atoms with E-state index in [2.05, 4.69) is 30.8 Å². The quantitative estimate of drug-likeness (QED) is 0.788. The van der Waals surface area contributed by atoms with Gasteiger partial charge in [-0.2, -0.15) is 0 Å². The Kier molecular flexibility index (Phi) is 3.02. The van der Waals surface area contributed by atoms with Gasteiger partial charge in [-0.25, -0.2) is 9.97 Å². The van der Waals surface area contributed by atoms with Crippen LogP contribution in [0.4, 0.5) is 5.95 Å². The molecule has 2 aliphatic heterocycles. The first kappa shape index (κ1) is 11.4. The molecule has 6 heteroatoms. The normalized spacial score (nSPS) is 23.2. The van der Waals surface area contributed by atoms with Crippen LogP contribution in [0.25, 0.3) is 0 Å². The predicted octanol–water partition coefficient (Wildman–Crippen LogP) is 1.58. The number of hydrogen-bond donors (Lipinski definition) is 0. The minimum absolute atomic E-state index is 0.328. The van der Waals surface area contributed by atoms with Crippen LogP contribution < -0.4 is 4.90 Å². The van der Waals surface area contributed by atoms with Crippen LogP contribution >= 0.6 is 15.9 Å². The van der Waals surface area contributed by atoms with Crippen LogP contribution in [0.2, 0.25) is 0 Å². The lowest BCUT2D eigenvalue weighted by Gasteiger charge is -2.37. The second kappa shape index (κ2) is 4.51. The van der Waals surface area contributed by atoms with E-state index in [1.54, 1.807) is 12.4 Å². The van der Waals surface area contributed by atoms with Crippen molar-refractivity contribution in [3.05, 3.63) is 16.9 Å². The van der Waals surface area contributed by atoms with E-state index in [-0.39, 0.29) is 5.79 Å². The zero-order chi connectivity index (χ0) is 11.7. The maximum atomic E-state index is 5.69. The average molecular weight is 300 g/mol. The molecule has 1 aromatic heterocycles. The van der Waals surface area contributed by atoms with Gasteiger partial charge in [0.05, 0.1) is 17.7 Å². The van der Waals surface area contributed by atoms with Crippen molar-refractivity contribution in [1.82, 2.24) is 9.97 Å². The molecule has 0 saturated carbocycles. The molecule has 2 saturated heterocycles. The maximum Gasteiger partial charge on any atom is 0.225 e. The van der Waals surface area contributed by atoms with E-state index in [9.17, 15) is 0 Å². The van der Waals surface area contributed by atoms with Crippen molar-refractivity contribution in [3.8, 4) is 0 Å². The number of piperidine rings is 1. The highest BCUT2D eigenvalue weighted by Gasteiger charge is 2.40. The number of anilines is 1. The number of hydrogen-bond acceptors (Lipinski definition) is 5. The van der Waals surface area contributed by atoms with Gasteiger partial charge in [0.15, 0.2) is 5.79 Å². The summed E-state index contributed by atoms with van der Waals surface area (Å²) in [4.78, 5) is 10.8. The van der Waals surface area contributed by atoms with E-state index in [0.717, 1.165) is 49.6 Å². The van der Waals surface area contributed by atoms with Crippen LogP contribution in [0.15, 0.2) is 16.9 Å². The van der Waals surface area contributed by atoms with Crippen molar-refractivity contribution < 1.29 is 9.47 Å². The van der Waals surface area contributed by atoms with Crippen LogP contribution in [0, 0.1) is 0 Å². The molecule has 0 amide bonds. The van der Waals surface area contributed by atoms with Gasteiger partial charge in [-0.3, -0.25) is 0 Å². The van der Waals surface area contributed by atoms with Gasteiger partial charge in [0, 0.05) is 38.3 Å². The molecule has 0 bridgehead atoms. The number of rotatable bonds is 1. The highest BCUT2D eigenvalue weighted by molar-refractivity contribution is 9.10. The molecule has 2 fully saturated rings. The fraction of sp³-hybridized carbons (Fsp3) is 0.636. The van der Waals surface area contributed by atoms with E-state index in [4.69, 9.17) is 9.47 Å². The summed E-state index contributed by atoms with van der Waals surface area (Å²) < 4.78 is 12.3. The summed E-state index contributed by atoms with van der Waals surface area (Å²) in [6.07, 6.45) is 5.31. The molecule has 1 spiro atoms. The molecule has 92 valence electrons. The van der Waals surface area contributed by atoms with E-state index in [0.29, 0.717) is 0 Å². The Morgan fingerprint density at radius 2 is 1.71 bits per heavy atom. The van der Waals surface area contributed by atoms with Crippen LogP contribution in [0.5, 0.6) is 0 Å². The van der Waals surface area contributed by atoms with Crippen molar-refractivity contribution in [2.45, 2.75) is 18.6 Å². The molecule has 0 aliphatic carbocycles. The first-order chi connectivity index (χ1) is 8.27. The Morgan fingerprint density at radius 3 is 2.29 bits per heavy atom. The number of ether oxygens (including phenoxy) is 2. The minimum Gasteiger partial charge on any atom is -0.347 e. The van der Waals surface area contributed by atoms with Crippen molar-refractivity contribution in [3.63, 3.8) is 0 Å². The van der Waals surface area contributed by atoms with E-state index < -0.39 is 0 Å². The molecule has 0 atom stereocenters. The van der Waals surface area contributed by atoms with Gasteiger partial charge in [-0.1, -0.05) is 0 Å². The molecule has 2 aliphatic rings. The van der Waals surface area contributed by atoms with Crippen LogP contribution in [-0.4, -0.2) is 42.1 Å². The first-order valence-electron chi connectivity index (χ1n) is 5.78. The second-order valence-corrected chi connectivity index (χ2v) is 5.21. The molecule has 1 aromatic rings. The highest BCUT2D eigenvalue weighted by atomic mass is 79.9. The third-order valence-electron chi connectivity index (χ3n) is 3.23. The van der Waals surface area contributed by atoms with E-state index in [1.165, 1.54) is 0 Å². The van der Waals surface area contributed by atoms with Gasteiger partial charge in [-0.15, -0.1) is 0 Å². The maximum absolute atomic E-state index is 5.69. The fourth-order valence-corrected chi connectivity index (χ4v) is 2.51. The Morgan fingerprint density at radius 1 is 1.12 bits per heavy atom. The molecule has 0 aromatic carbocycles. The van der Waals surface area contributed by atoms with Crippen LogP contribution in [0.3, 0.4) is 0 Å². The topological polar surface area (TPSA) is 47.5 Å². The smallest absolute Gasteiger partial charge is 0.225 e. The Bertz CT molecular complexity index is 382. The lowest BCUT2D eigenvalue weighted by molar-refractivity contribution is -0.169. The standard InChI is InChI=1S/C11H14BrN3O2/c12-9-7-13-10(14-8-9)15-3-1-11(2-4-15)16-5-6-17-11/h7-8H,1-6H2. The van der Waals surface area contributed by atoms with Crippen molar-refractivity contribution in [2.24, 2.45) is 0 Å². The Hall–Kier alpha value is -0.720. The highest BCUT2D eigenvalue weighted by Crippen LogP contribution is 2.32. The summed E-state index contributed by atoms with van der Waals surface area (Å²) in [5.74, 6) is 0.451. The molecule has 5 nitrogen and oxygen atoms in total. The Labute approximate surface area is 108 Å². The molecule has 0 N–H and O–H groups in total. The summed E-state index contributed by atoms with van der Waals surface area (Å²) >= 11 is 3.33. The zero-order valence-electron chi connectivity index (χ0n) is 9.43. The lowest BCUT2D eigenvalue weighted by atomic mass is 10.0. The second-order valence-electron chi connectivity index (χ2n) is 4.30. The van der Waals surface area contributed by atoms with Crippen molar-refractivity contribution >= 4 is 21.9 Å². The lowest BCUT2D eigenvalue weighted by Crippen LogP contribution is -2.45. The minimum atomic E-state index is -0.328. The summed E-state index contributed by atoms with van der Waals surface area (Å²) in [6.45, 7) is 3.19. The third kappa shape index (κ3) is 2.29. The molecular formula is C11H14BrN3O2. The SMILES string of the molecule is Brc1cnc(N2CCC3(CC2)OCCO3)nc1. The molecular weight excluding hydrogens is 286 g/mol. The molecule has 0 unspecified atom stereocenters. The van der Waals surface area contributed by atoms with Crippen molar-refractivity contribution in [1.29, 1.82) is 0 Å². The molecule has 3 rings (SSSR count). The van der Waals surface area contributed by atoms with E-state index >= 15 is 0 Å². The average Bonchev–Trinajstić information content (AvgIpc) is 2.80. The Balaban J connectivity index is 1.66. The van der Waals surface area contributed by atoms with Crippen molar-refractivity contribution in [2.75, 3.05) is 31.2 Å². The first-order valence-corrected chi connectivity index (χ1v) is 6.57. The van der Waals surface area contributed by atoms with Crippen LogP contribution in [0.1, 0.15) is 12.8 Å². The van der Waals surface area contributed by atoms with Crippen LogP contribution in [-0.2, 0) is 9.47 Å². The van der Waals surface area contributed by atoms with Gasteiger partial charge in [-0.05, 0) is 15.9 Å². The third-order valence-corrected chi connectivity index (χ3v) is 3.64.